The molecule has 6 heteroatoms. The van der Waals surface area contributed by atoms with Crippen LogP contribution in [-0.4, -0.2) is 21.7 Å². The lowest BCUT2D eigenvalue weighted by Gasteiger charge is -2.02. The molecule has 0 aliphatic heterocycles. The quantitative estimate of drug-likeness (QED) is 0.676. The summed E-state index contributed by atoms with van der Waals surface area (Å²) in [6.07, 6.45) is 1.43. The first-order valence-electron chi connectivity index (χ1n) is 5.86. The summed E-state index contributed by atoms with van der Waals surface area (Å²) in [7, 11) is -2.04. The number of hydrogen-bond donors (Lipinski definition) is 1. The van der Waals surface area contributed by atoms with Gasteiger partial charge in [0.1, 0.15) is 5.75 Å². The van der Waals surface area contributed by atoms with Crippen molar-refractivity contribution in [2.24, 2.45) is 5.10 Å². The Kier molecular flexibility index (Phi) is 4.37. The Morgan fingerprint density at radius 2 is 1.70 bits per heavy atom. The highest BCUT2D eigenvalue weighted by atomic mass is 32.2. The first-order chi connectivity index (χ1) is 9.62. The van der Waals surface area contributed by atoms with E-state index < -0.39 is 10.0 Å². The molecule has 5 nitrogen and oxygen atoms in total. The molecular weight excluding hydrogens is 276 g/mol. The smallest absolute Gasteiger partial charge is 0.276 e. The van der Waals surface area contributed by atoms with E-state index >= 15 is 0 Å². The van der Waals surface area contributed by atoms with Crippen LogP contribution in [0.3, 0.4) is 0 Å². The minimum Gasteiger partial charge on any atom is -0.497 e. The van der Waals surface area contributed by atoms with Crippen LogP contribution in [0, 0.1) is 0 Å². The predicted molar refractivity (Wildman–Crippen MR) is 77.4 cm³/mol. The largest absolute Gasteiger partial charge is 0.497 e. The molecule has 2 rings (SSSR count). The topological polar surface area (TPSA) is 67.8 Å². The van der Waals surface area contributed by atoms with Gasteiger partial charge in [-0.25, -0.2) is 4.83 Å². The summed E-state index contributed by atoms with van der Waals surface area (Å²) in [5.74, 6) is 0.729. The molecule has 0 amide bonds. The van der Waals surface area contributed by atoms with Gasteiger partial charge in [0.2, 0.25) is 0 Å². The Hall–Kier alpha value is -2.34. The molecule has 104 valence electrons. The maximum Gasteiger partial charge on any atom is 0.276 e. The molecule has 2 aromatic carbocycles. The molecule has 0 atom stereocenters. The monoisotopic (exact) mass is 290 g/mol. The van der Waals surface area contributed by atoms with Crippen LogP contribution in [-0.2, 0) is 10.0 Å². The van der Waals surface area contributed by atoms with Gasteiger partial charge in [0, 0.05) is 0 Å². The van der Waals surface area contributed by atoms with Crippen LogP contribution >= 0.6 is 0 Å². The molecule has 0 spiro atoms. The van der Waals surface area contributed by atoms with Crippen LogP contribution in [0.4, 0.5) is 0 Å². The minimum atomic E-state index is -3.62. The third-order valence-corrected chi connectivity index (χ3v) is 3.79. The second-order valence-electron chi connectivity index (χ2n) is 3.94. The van der Waals surface area contributed by atoms with Gasteiger partial charge in [-0.1, -0.05) is 18.2 Å². The molecule has 0 aliphatic carbocycles. The summed E-state index contributed by atoms with van der Waals surface area (Å²) >= 11 is 0. The van der Waals surface area contributed by atoms with Crippen molar-refractivity contribution in [3.05, 3.63) is 60.2 Å². The SMILES string of the molecule is COc1ccc(/C=N/NS(=O)(=O)c2ccccc2)cc1. The molecule has 0 radical (unpaired) electrons. The van der Waals surface area contributed by atoms with Crippen molar-refractivity contribution in [3.8, 4) is 5.75 Å². The Balaban J connectivity index is 2.05. The first-order valence-corrected chi connectivity index (χ1v) is 7.34. The lowest BCUT2D eigenvalue weighted by atomic mass is 10.2. The minimum absolute atomic E-state index is 0.173. The van der Waals surface area contributed by atoms with Crippen molar-refractivity contribution in [1.82, 2.24) is 4.83 Å². The van der Waals surface area contributed by atoms with E-state index in [1.807, 2.05) is 0 Å². The van der Waals surface area contributed by atoms with Crippen molar-refractivity contribution >= 4 is 16.2 Å². The maximum absolute atomic E-state index is 11.9. The Labute approximate surface area is 118 Å². The summed E-state index contributed by atoms with van der Waals surface area (Å²) in [6, 6.07) is 15.2. The van der Waals surface area contributed by atoms with Crippen molar-refractivity contribution in [3.63, 3.8) is 0 Å². The first kappa shape index (κ1) is 14.1. The zero-order chi connectivity index (χ0) is 14.4. The number of ether oxygens (including phenoxy) is 1. The fourth-order valence-electron chi connectivity index (χ4n) is 1.51. The van der Waals surface area contributed by atoms with Crippen LogP contribution in [0.1, 0.15) is 5.56 Å². The second-order valence-corrected chi connectivity index (χ2v) is 5.60. The van der Waals surface area contributed by atoms with Crippen LogP contribution in [0.15, 0.2) is 64.6 Å². The molecule has 2 aromatic rings. The molecule has 20 heavy (non-hydrogen) atoms. The number of benzene rings is 2. The summed E-state index contributed by atoms with van der Waals surface area (Å²) in [5.41, 5.74) is 0.765. The molecular formula is C14H14N2O3S. The van der Waals surface area contributed by atoms with Gasteiger partial charge in [0.15, 0.2) is 0 Å². The molecule has 0 aliphatic rings. The van der Waals surface area contributed by atoms with Gasteiger partial charge in [-0.15, -0.1) is 0 Å². The van der Waals surface area contributed by atoms with Crippen molar-refractivity contribution < 1.29 is 13.2 Å². The van der Waals surface area contributed by atoms with Crippen LogP contribution in [0.25, 0.3) is 0 Å². The zero-order valence-electron chi connectivity index (χ0n) is 10.9. The lowest BCUT2D eigenvalue weighted by molar-refractivity contribution is 0.415. The highest BCUT2D eigenvalue weighted by Gasteiger charge is 2.10. The highest BCUT2D eigenvalue weighted by Crippen LogP contribution is 2.10. The van der Waals surface area contributed by atoms with E-state index in [1.165, 1.54) is 18.3 Å². The van der Waals surface area contributed by atoms with Crippen molar-refractivity contribution in [2.75, 3.05) is 7.11 Å². The molecule has 0 bridgehead atoms. The average Bonchev–Trinajstić information content (AvgIpc) is 2.49. The second kappa shape index (κ2) is 6.21. The van der Waals surface area contributed by atoms with E-state index in [2.05, 4.69) is 9.93 Å². The third kappa shape index (κ3) is 3.58. The Morgan fingerprint density at radius 3 is 2.30 bits per heavy atom. The van der Waals surface area contributed by atoms with Crippen LogP contribution in [0.5, 0.6) is 5.75 Å². The Morgan fingerprint density at radius 1 is 1.05 bits per heavy atom. The molecule has 0 fully saturated rings. The van der Waals surface area contributed by atoms with E-state index in [0.29, 0.717) is 0 Å². The molecule has 0 aromatic heterocycles. The zero-order valence-corrected chi connectivity index (χ0v) is 11.7. The summed E-state index contributed by atoms with van der Waals surface area (Å²) < 4.78 is 28.8. The standard InChI is InChI=1S/C14H14N2O3S/c1-19-13-9-7-12(8-10-13)11-15-16-20(17,18)14-5-3-2-4-6-14/h2-11,16H,1H3/b15-11+. The van der Waals surface area contributed by atoms with Gasteiger partial charge in [-0.05, 0) is 42.0 Å². The fourth-order valence-corrected chi connectivity index (χ4v) is 2.32. The van der Waals surface area contributed by atoms with Gasteiger partial charge in [-0.3, -0.25) is 0 Å². The van der Waals surface area contributed by atoms with E-state index in [9.17, 15) is 8.42 Å². The summed E-state index contributed by atoms with van der Waals surface area (Å²) in [4.78, 5) is 2.34. The van der Waals surface area contributed by atoms with Gasteiger partial charge < -0.3 is 4.74 Å². The number of nitrogens with zero attached hydrogens (tertiary/aromatic N) is 1. The maximum atomic E-state index is 11.9. The number of hydrogen-bond acceptors (Lipinski definition) is 4. The highest BCUT2D eigenvalue weighted by molar-refractivity contribution is 7.89. The van der Waals surface area contributed by atoms with Crippen LogP contribution < -0.4 is 9.57 Å². The average molecular weight is 290 g/mol. The van der Waals surface area contributed by atoms with Gasteiger partial charge in [-0.2, -0.15) is 13.5 Å². The predicted octanol–water partition coefficient (Wildman–Crippen LogP) is 2.01. The van der Waals surface area contributed by atoms with Gasteiger partial charge >= 0.3 is 0 Å². The molecule has 0 saturated carbocycles. The normalized spacial score (nSPS) is 11.4. The van der Waals surface area contributed by atoms with Gasteiger partial charge in [0.05, 0.1) is 18.2 Å². The summed E-state index contributed by atoms with van der Waals surface area (Å²) in [5, 5.41) is 3.74. The summed E-state index contributed by atoms with van der Waals surface area (Å²) in [6.45, 7) is 0. The van der Waals surface area contributed by atoms with E-state index in [4.69, 9.17) is 4.74 Å². The van der Waals surface area contributed by atoms with Crippen molar-refractivity contribution in [1.29, 1.82) is 0 Å². The fraction of sp³-hybridized carbons (Fsp3) is 0.0714. The molecule has 0 unspecified atom stereocenters. The van der Waals surface area contributed by atoms with E-state index in [-0.39, 0.29) is 4.90 Å². The molecule has 0 saturated heterocycles. The van der Waals surface area contributed by atoms with E-state index in [0.717, 1.165) is 11.3 Å². The number of sulfonamides is 1. The number of rotatable bonds is 5. The van der Waals surface area contributed by atoms with Gasteiger partial charge in [0.25, 0.3) is 10.0 Å². The number of hydrazone groups is 1. The van der Waals surface area contributed by atoms with Crippen molar-refractivity contribution in [2.45, 2.75) is 4.90 Å². The molecule has 0 heterocycles. The van der Waals surface area contributed by atoms with Crippen LogP contribution in [0.2, 0.25) is 0 Å². The van der Waals surface area contributed by atoms with E-state index in [1.54, 1.807) is 49.6 Å². The number of nitrogens with one attached hydrogen (secondary N) is 1. The number of methoxy groups -OCH3 is 1. The molecule has 1 N–H and O–H groups in total. The lowest BCUT2D eigenvalue weighted by Crippen LogP contribution is -2.18. The third-order valence-electron chi connectivity index (χ3n) is 2.56. The Bertz CT molecular complexity index is 680.